The van der Waals surface area contributed by atoms with E-state index in [4.69, 9.17) is 0 Å². The average molecular weight is 250 g/mol. The lowest BCUT2D eigenvalue weighted by molar-refractivity contribution is 0.190. The van der Waals surface area contributed by atoms with E-state index < -0.39 is 0 Å². The van der Waals surface area contributed by atoms with E-state index in [1.54, 1.807) is 0 Å². The van der Waals surface area contributed by atoms with Gasteiger partial charge in [-0.2, -0.15) is 0 Å². The summed E-state index contributed by atoms with van der Waals surface area (Å²) in [6.45, 7) is 7.80. The molecule has 0 radical (unpaired) electrons. The molecule has 1 aromatic rings. The minimum absolute atomic E-state index is 0.161. The van der Waals surface area contributed by atoms with Crippen molar-refractivity contribution >= 4 is 0 Å². The minimum Gasteiger partial charge on any atom is -0.312 e. The lowest BCUT2D eigenvalue weighted by Gasteiger charge is -2.31. The fourth-order valence-corrected chi connectivity index (χ4v) is 2.53. The van der Waals surface area contributed by atoms with E-state index in [0.717, 1.165) is 24.6 Å². The quantitative estimate of drug-likeness (QED) is 0.864. The second-order valence-corrected chi connectivity index (χ2v) is 5.14. The number of hydrogen-bond donors (Lipinski definition) is 1. The Morgan fingerprint density at radius 3 is 2.50 bits per heavy atom. The molecule has 0 aromatic heterocycles. The smallest absolute Gasteiger partial charge is 0.123 e. The molecule has 0 amide bonds. The van der Waals surface area contributed by atoms with Crippen molar-refractivity contribution in [2.75, 3.05) is 26.2 Å². The number of halogens is 1. The van der Waals surface area contributed by atoms with E-state index in [1.807, 2.05) is 12.1 Å². The van der Waals surface area contributed by atoms with Gasteiger partial charge in [-0.15, -0.1) is 0 Å². The lowest BCUT2D eigenvalue weighted by Crippen LogP contribution is -2.36. The van der Waals surface area contributed by atoms with Crippen LogP contribution in [0, 0.1) is 11.7 Å². The van der Waals surface area contributed by atoms with Crippen molar-refractivity contribution in [1.29, 1.82) is 0 Å². The zero-order valence-corrected chi connectivity index (χ0v) is 11.2. The van der Waals surface area contributed by atoms with E-state index in [0.29, 0.717) is 0 Å². The van der Waals surface area contributed by atoms with Gasteiger partial charge in [0, 0.05) is 6.54 Å². The number of nitrogens with zero attached hydrogens (tertiary/aromatic N) is 1. The Bertz CT molecular complexity index is 342. The first-order valence-electron chi connectivity index (χ1n) is 6.95. The minimum atomic E-state index is -0.161. The summed E-state index contributed by atoms with van der Waals surface area (Å²) in [6, 6.07) is 6.75. The molecule has 0 unspecified atom stereocenters. The average Bonchev–Trinajstić information content (AvgIpc) is 2.42. The number of nitrogens with one attached hydrogen (secondary N) is 1. The van der Waals surface area contributed by atoms with Crippen molar-refractivity contribution in [2.45, 2.75) is 26.3 Å². The highest BCUT2D eigenvalue weighted by Crippen LogP contribution is 2.16. The lowest BCUT2D eigenvalue weighted by atomic mass is 9.97. The number of rotatable bonds is 5. The van der Waals surface area contributed by atoms with Crippen LogP contribution in [-0.2, 0) is 6.54 Å². The SMILES string of the molecule is CCN1CCC(CNCc2ccc(F)cc2)CC1. The summed E-state index contributed by atoms with van der Waals surface area (Å²) in [5.41, 5.74) is 1.15. The number of benzene rings is 1. The van der Waals surface area contributed by atoms with Crippen LogP contribution in [0.25, 0.3) is 0 Å². The van der Waals surface area contributed by atoms with Gasteiger partial charge in [-0.3, -0.25) is 0 Å². The van der Waals surface area contributed by atoms with E-state index >= 15 is 0 Å². The van der Waals surface area contributed by atoms with Gasteiger partial charge in [-0.05, 0) is 62.6 Å². The zero-order valence-electron chi connectivity index (χ0n) is 11.2. The predicted octanol–water partition coefficient (Wildman–Crippen LogP) is 2.65. The first kappa shape index (κ1) is 13.5. The molecule has 0 atom stereocenters. The monoisotopic (exact) mass is 250 g/mol. The Kier molecular flexibility index (Phi) is 5.14. The fraction of sp³-hybridized carbons (Fsp3) is 0.600. The van der Waals surface area contributed by atoms with Gasteiger partial charge in [0.05, 0.1) is 0 Å². The third kappa shape index (κ3) is 4.07. The highest BCUT2D eigenvalue weighted by atomic mass is 19.1. The molecule has 1 N–H and O–H groups in total. The Morgan fingerprint density at radius 2 is 1.89 bits per heavy atom. The predicted molar refractivity (Wildman–Crippen MR) is 72.9 cm³/mol. The highest BCUT2D eigenvalue weighted by molar-refractivity contribution is 5.15. The van der Waals surface area contributed by atoms with Crippen LogP contribution in [-0.4, -0.2) is 31.1 Å². The molecule has 1 saturated heterocycles. The second-order valence-electron chi connectivity index (χ2n) is 5.14. The van der Waals surface area contributed by atoms with Gasteiger partial charge < -0.3 is 10.2 Å². The molecule has 2 rings (SSSR count). The second kappa shape index (κ2) is 6.86. The molecular weight excluding hydrogens is 227 g/mol. The molecule has 18 heavy (non-hydrogen) atoms. The first-order valence-corrected chi connectivity index (χ1v) is 6.95. The van der Waals surface area contributed by atoms with Gasteiger partial charge in [-0.25, -0.2) is 4.39 Å². The Labute approximate surface area is 109 Å². The Balaban J connectivity index is 1.65. The summed E-state index contributed by atoms with van der Waals surface area (Å²) >= 11 is 0. The summed E-state index contributed by atoms with van der Waals surface area (Å²) < 4.78 is 12.7. The van der Waals surface area contributed by atoms with Crippen LogP contribution in [0.2, 0.25) is 0 Å². The molecule has 3 heteroatoms. The van der Waals surface area contributed by atoms with Gasteiger partial charge in [0.15, 0.2) is 0 Å². The molecule has 0 bridgehead atoms. The van der Waals surface area contributed by atoms with Crippen LogP contribution in [0.5, 0.6) is 0 Å². The van der Waals surface area contributed by atoms with Crippen molar-refractivity contribution in [3.63, 3.8) is 0 Å². The molecule has 1 aliphatic heterocycles. The van der Waals surface area contributed by atoms with E-state index in [2.05, 4.69) is 17.1 Å². The summed E-state index contributed by atoms with van der Waals surface area (Å²) in [5.74, 6) is 0.638. The molecule has 0 aliphatic carbocycles. The summed E-state index contributed by atoms with van der Waals surface area (Å²) in [7, 11) is 0. The summed E-state index contributed by atoms with van der Waals surface area (Å²) in [5, 5.41) is 3.48. The first-order chi connectivity index (χ1) is 8.78. The maximum absolute atomic E-state index is 12.7. The van der Waals surface area contributed by atoms with E-state index in [1.165, 1.54) is 44.6 Å². The van der Waals surface area contributed by atoms with Gasteiger partial charge in [0.25, 0.3) is 0 Å². The third-order valence-electron chi connectivity index (χ3n) is 3.83. The van der Waals surface area contributed by atoms with Crippen LogP contribution in [0.1, 0.15) is 25.3 Å². The van der Waals surface area contributed by atoms with Crippen LogP contribution < -0.4 is 5.32 Å². The van der Waals surface area contributed by atoms with Crippen LogP contribution in [0.3, 0.4) is 0 Å². The Morgan fingerprint density at radius 1 is 1.22 bits per heavy atom. The molecule has 0 spiro atoms. The van der Waals surface area contributed by atoms with Crippen LogP contribution >= 0.6 is 0 Å². The largest absolute Gasteiger partial charge is 0.312 e. The topological polar surface area (TPSA) is 15.3 Å². The van der Waals surface area contributed by atoms with Crippen molar-refractivity contribution < 1.29 is 4.39 Å². The van der Waals surface area contributed by atoms with Crippen molar-refractivity contribution in [2.24, 2.45) is 5.92 Å². The standard InChI is InChI=1S/C15H23FN2/c1-2-18-9-7-14(8-10-18)12-17-11-13-3-5-15(16)6-4-13/h3-6,14,17H,2,7-12H2,1H3. The summed E-state index contributed by atoms with van der Waals surface area (Å²) in [4.78, 5) is 2.51. The maximum Gasteiger partial charge on any atom is 0.123 e. The van der Waals surface area contributed by atoms with Gasteiger partial charge >= 0.3 is 0 Å². The van der Waals surface area contributed by atoms with E-state index in [-0.39, 0.29) is 5.82 Å². The number of hydrogen-bond acceptors (Lipinski definition) is 2. The van der Waals surface area contributed by atoms with Crippen molar-refractivity contribution in [3.05, 3.63) is 35.6 Å². The van der Waals surface area contributed by atoms with Crippen molar-refractivity contribution in [3.8, 4) is 0 Å². The van der Waals surface area contributed by atoms with Crippen LogP contribution in [0.4, 0.5) is 4.39 Å². The zero-order chi connectivity index (χ0) is 12.8. The van der Waals surface area contributed by atoms with Gasteiger partial charge in [0.2, 0.25) is 0 Å². The normalized spacial score (nSPS) is 18.1. The molecule has 1 fully saturated rings. The Hall–Kier alpha value is -0.930. The highest BCUT2D eigenvalue weighted by Gasteiger charge is 2.17. The molecule has 1 heterocycles. The number of piperidine rings is 1. The van der Waals surface area contributed by atoms with Gasteiger partial charge in [0.1, 0.15) is 5.82 Å². The van der Waals surface area contributed by atoms with Gasteiger partial charge in [-0.1, -0.05) is 19.1 Å². The molecule has 2 nitrogen and oxygen atoms in total. The maximum atomic E-state index is 12.7. The molecule has 0 saturated carbocycles. The molecule has 1 aromatic carbocycles. The molecule has 100 valence electrons. The molecule has 1 aliphatic rings. The fourth-order valence-electron chi connectivity index (χ4n) is 2.53. The van der Waals surface area contributed by atoms with E-state index in [9.17, 15) is 4.39 Å². The van der Waals surface area contributed by atoms with Crippen LogP contribution in [0.15, 0.2) is 24.3 Å². The third-order valence-corrected chi connectivity index (χ3v) is 3.83. The van der Waals surface area contributed by atoms with Crippen molar-refractivity contribution in [1.82, 2.24) is 10.2 Å². The molecular formula is C15H23FN2. The number of likely N-dealkylation sites (tertiary alicyclic amines) is 1. The summed E-state index contributed by atoms with van der Waals surface area (Å²) in [6.07, 6.45) is 2.59.